The molecule has 0 aromatic heterocycles. The zero-order valence-electron chi connectivity index (χ0n) is 14.0. The maximum absolute atomic E-state index is 14.4. The summed E-state index contributed by atoms with van der Waals surface area (Å²) < 4.78 is 50.7. The second-order valence-electron chi connectivity index (χ2n) is 5.01. The van der Waals surface area contributed by atoms with E-state index in [4.69, 9.17) is 4.74 Å². The lowest BCUT2D eigenvalue weighted by atomic mass is 10.0. The van der Waals surface area contributed by atoms with Crippen LogP contribution in [0.3, 0.4) is 0 Å². The van der Waals surface area contributed by atoms with Gasteiger partial charge in [0.2, 0.25) is 17.3 Å². The first kappa shape index (κ1) is 20.2. The van der Waals surface area contributed by atoms with Gasteiger partial charge in [-0.3, -0.25) is 9.59 Å². The maximum atomic E-state index is 14.4. The smallest absolute Gasteiger partial charge is 0.343 e. The molecule has 0 aliphatic carbocycles. The van der Waals surface area contributed by atoms with Gasteiger partial charge >= 0.3 is 11.9 Å². The molecular weight excluding hydrogens is 343 g/mol. The summed E-state index contributed by atoms with van der Waals surface area (Å²) in [5.41, 5.74) is -1.58. The number of ketones is 1. The number of rotatable bonds is 6. The summed E-state index contributed by atoms with van der Waals surface area (Å²) in [7, 11) is 2.97. The minimum absolute atomic E-state index is 0.0597. The van der Waals surface area contributed by atoms with Crippen LogP contribution in [0.15, 0.2) is 17.8 Å². The summed E-state index contributed by atoms with van der Waals surface area (Å²) in [6, 6.07) is 0.280. The minimum atomic E-state index is -1.77. The Kier molecular flexibility index (Phi) is 6.72. The fourth-order valence-corrected chi connectivity index (χ4v) is 1.80. The molecular formula is C16H16F3NO5. The van der Waals surface area contributed by atoms with Crippen LogP contribution >= 0.6 is 0 Å². The SMILES string of the molecule is CCOC(=O)C(=CN(C)C)C(=O)c1cc(F)c(F)c(OC(C)=O)c1F. The Labute approximate surface area is 141 Å². The van der Waals surface area contributed by atoms with E-state index in [2.05, 4.69) is 4.74 Å². The van der Waals surface area contributed by atoms with Gasteiger partial charge in [0.05, 0.1) is 12.2 Å². The molecule has 0 aliphatic rings. The van der Waals surface area contributed by atoms with Crippen molar-refractivity contribution in [2.45, 2.75) is 13.8 Å². The van der Waals surface area contributed by atoms with E-state index in [0.717, 1.165) is 13.1 Å². The number of benzene rings is 1. The van der Waals surface area contributed by atoms with E-state index in [0.29, 0.717) is 0 Å². The van der Waals surface area contributed by atoms with Crippen LogP contribution in [0.25, 0.3) is 0 Å². The molecule has 0 atom stereocenters. The molecule has 0 heterocycles. The third-order valence-electron chi connectivity index (χ3n) is 2.73. The number of esters is 2. The predicted octanol–water partition coefficient (Wildman–Crippen LogP) is 2.22. The van der Waals surface area contributed by atoms with Crippen molar-refractivity contribution in [1.29, 1.82) is 0 Å². The molecule has 0 aliphatic heterocycles. The molecule has 0 amide bonds. The number of carbonyl (C=O) groups is 3. The number of halogens is 3. The van der Waals surface area contributed by atoms with Crippen molar-refractivity contribution >= 4 is 17.7 Å². The first-order valence-electron chi connectivity index (χ1n) is 7.06. The van der Waals surface area contributed by atoms with Crippen LogP contribution in [0.1, 0.15) is 24.2 Å². The molecule has 9 heteroatoms. The summed E-state index contributed by atoms with van der Waals surface area (Å²) in [6.45, 7) is 2.28. The molecule has 136 valence electrons. The van der Waals surface area contributed by atoms with E-state index in [9.17, 15) is 27.6 Å². The fourth-order valence-electron chi connectivity index (χ4n) is 1.80. The van der Waals surface area contributed by atoms with E-state index >= 15 is 0 Å². The van der Waals surface area contributed by atoms with Crippen LogP contribution in [-0.4, -0.2) is 43.3 Å². The van der Waals surface area contributed by atoms with Gasteiger partial charge in [0.1, 0.15) is 5.57 Å². The number of ether oxygens (including phenoxy) is 2. The molecule has 6 nitrogen and oxygen atoms in total. The van der Waals surface area contributed by atoms with Crippen LogP contribution in [0.4, 0.5) is 13.2 Å². The number of Topliss-reactive ketones (excluding diaryl/α,β-unsaturated/α-hetero) is 1. The Balaban J connectivity index is 3.51. The van der Waals surface area contributed by atoms with Gasteiger partial charge in [0.25, 0.3) is 0 Å². The van der Waals surface area contributed by atoms with Crippen molar-refractivity contribution in [3.05, 3.63) is 40.9 Å². The Hall–Kier alpha value is -2.84. The van der Waals surface area contributed by atoms with Gasteiger partial charge in [0, 0.05) is 27.2 Å². The van der Waals surface area contributed by atoms with Crippen LogP contribution in [-0.2, 0) is 14.3 Å². The lowest BCUT2D eigenvalue weighted by Crippen LogP contribution is -2.21. The molecule has 1 aromatic rings. The van der Waals surface area contributed by atoms with Gasteiger partial charge in [-0.15, -0.1) is 0 Å². The first-order valence-corrected chi connectivity index (χ1v) is 7.06. The van der Waals surface area contributed by atoms with E-state index < -0.39 is 52.1 Å². The highest BCUT2D eigenvalue weighted by Gasteiger charge is 2.30. The second-order valence-corrected chi connectivity index (χ2v) is 5.01. The number of hydrogen-bond donors (Lipinski definition) is 0. The Morgan fingerprint density at radius 1 is 1.16 bits per heavy atom. The summed E-state index contributed by atoms with van der Waals surface area (Å²) in [5.74, 6) is -9.78. The fraction of sp³-hybridized carbons (Fsp3) is 0.312. The topological polar surface area (TPSA) is 72.9 Å². The molecule has 0 bridgehead atoms. The lowest BCUT2D eigenvalue weighted by Gasteiger charge is -2.13. The normalized spacial score (nSPS) is 11.1. The molecule has 0 radical (unpaired) electrons. The highest BCUT2D eigenvalue weighted by atomic mass is 19.2. The predicted molar refractivity (Wildman–Crippen MR) is 80.4 cm³/mol. The number of carbonyl (C=O) groups excluding carboxylic acids is 3. The molecule has 0 unspecified atom stereocenters. The van der Waals surface area contributed by atoms with Gasteiger partial charge in [-0.05, 0) is 13.0 Å². The van der Waals surface area contributed by atoms with Crippen molar-refractivity contribution in [2.75, 3.05) is 20.7 Å². The van der Waals surface area contributed by atoms with Gasteiger partial charge in [0.15, 0.2) is 11.6 Å². The highest BCUT2D eigenvalue weighted by molar-refractivity contribution is 6.24. The first-order chi connectivity index (χ1) is 11.6. The third kappa shape index (κ3) is 4.82. The summed E-state index contributed by atoms with van der Waals surface area (Å²) in [6.07, 6.45) is 1.05. The molecule has 0 saturated carbocycles. The average molecular weight is 359 g/mol. The van der Waals surface area contributed by atoms with Crippen LogP contribution in [0.5, 0.6) is 5.75 Å². The zero-order chi connectivity index (χ0) is 19.3. The van der Waals surface area contributed by atoms with E-state index in [-0.39, 0.29) is 12.7 Å². The van der Waals surface area contributed by atoms with E-state index in [1.165, 1.54) is 25.9 Å². The molecule has 0 fully saturated rings. The van der Waals surface area contributed by atoms with Crippen LogP contribution in [0.2, 0.25) is 0 Å². The van der Waals surface area contributed by atoms with Gasteiger partial charge in [-0.1, -0.05) is 0 Å². The highest BCUT2D eigenvalue weighted by Crippen LogP contribution is 2.29. The van der Waals surface area contributed by atoms with E-state index in [1.54, 1.807) is 0 Å². The second kappa shape index (κ2) is 8.32. The average Bonchev–Trinajstić information content (AvgIpc) is 2.51. The Bertz CT molecular complexity index is 744. The minimum Gasteiger partial charge on any atom is -0.462 e. The summed E-state index contributed by atoms with van der Waals surface area (Å²) in [4.78, 5) is 36.6. The Morgan fingerprint density at radius 2 is 1.76 bits per heavy atom. The third-order valence-corrected chi connectivity index (χ3v) is 2.73. The van der Waals surface area contributed by atoms with Crippen LogP contribution < -0.4 is 4.74 Å². The maximum Gasteiger partial charge on any atom is 0.343 e. The van der Waals surface area contributed by atoms with Crippen molar-refractivity contribution in [3.8, 4) is 5.75 Å². The van der Waals surface area contributed by atoms with Crippen molar-refractivity contribution < 1.29 is 37.0 Å². The lowest BCUT2D eigenvalue weighted by molar-refractivity contribution is -0.138. The number of hydrogen-bond acceptors (Lipinski definition) is 6. The van der Waals surface area contributed by atoms with Crippen molar-refractivity contribution in [1.82, 2.24) is 4.90 Å². The van der Waals surface area contributed by atoms with Crippen molar-refractivity contribution in [3.63, 3.8) is 0 Å². The molecule has 25 heavy (non-hydrogen) atoms. The quantitative estimate of drug-likeness (QED) is 0.148. The van der Waals surface area contributed by atoms with Crippen molar-refractivity contribution in [2.24, 2.45) is 0 Å². The number of nitrogens with zero attached hydrogens (tertiary/aromatic N) is 1. The van der Waals surface area contributed by atoms with E-state index in [1.807, 2.05) is 0 Å². The molecule has 1 rings (SSSR count). The monoisotopic (exact) mass is 359 g/mol. The molecule has 0 N–H and O–H groups in total. The van der Waals surface area contributed by atoms with Crippen LogP contribution in [0, 0.1) is 17.5 Å². The van der Waals surface area contributed by atoms with Gasteiger partial charge in [-0.2, -0.15) is 4.39 Å². The summed E-state index contributed by atoms with van der Waals surface area (Å²) in [5, 5.41) is 0. The Morgan fingerprint density at radius 3 is 2.24 bits per heavy atom. The summed E-state index contributed by atoms with van der Waals surface area (Å²) >= 11 is 0. The largest absolute Gasteiger partial charge is 0.462 e. The molecule has 0 spiro atoms. The zero-order valence-corrected chi connectivity index (χ0v) is 14.0. The molecule has 0 saturated heterocycles. The van der Waals surface area contributed by atoms with Gasteiger partial charge in [-0.25, -0.2) is 13.6 Å². The molecule has 1 aromatic carbocycles. The van der Waals surface area contributed by atoms with Gasteiger partial charge < -0.3 is 14.4 Å². The standard InChI is InChI=1S/C16H16F3NO5/c1-5-24-16(23)10(7-20(3)4)14(22)9-6-11(17)13(19)15(12(9)18)25-8(2)21/h6-7H,5H2,1-4H3.